The lowest BCUT2D eigenvalue weighted by Crippen LogP contribution is -2.15. The lowest BCUT2D eigenvalue weighted by Gasteiger charge is -2.12. The van der Waals surface area contributed by atoms with Crippen LogP contribution in [0.5, 0.6) is 0 Å². The van der Waals surface area contributed by atoms with Gasteiger partial charge < -0.3 is 5.32 Å². The average Bonchev–Trinajstić information content (AvgIpc) is 2.17. The van der Waals surface area contributed by atoms with Crippen molar-refractivity contribution >= 4 is 21.7 Å². The Kier molecular flexibility index (Phi) is 5.02. The van der Waals surface area contributed by atoms with Gasteiger partial charge in [0.15, 0.2) is 0 Å². The minimum absolute atomic E-state index is 0.446. The van der Waals surface area contributed by atoms with E-state index in [0.717, 1.165) is 35.5 Å². The van der Waals surface area contributed by atoms with Crippen LogP contribution in [0.25, 0.3) is 0 Å². The van der Waals surface area contributed by atoms with Gasteiger partial charge in [-0.2, -0.15) is 0 Å². The Bertz CT molecular complexity index is 315. The highest BCUT2D eigenvalue weighted by atomic mass is 79.9. The van der Waals surface area contributed by atoms with Crippen LogP contribution in [0.2, 0.25) is 0 Å². The summed E-state index contributed by atoms with van der Waals surface area (Å²) in [7, 11) is 0. The first kappa shape index (κ1) is 12.4. The molecule has 1 N–H and O–H groups in total. The Morgan fingerprint density at radius 2 is 2.13 bits per heavy atom. The molecule has 0 aliphatic carbocycles. The molecule has 0 radical (unpaired) electrons. The molecule has 1 heterocycles. The van der Waals surface area contributed by atoms with Gasteiger partial charge in [0.1, 0.15) is 16.2 Å². The van der Waals surface area contributed by atoms with Gasteiger partial charge in [-0.25, -0.2) is 9.97 Å². The second kappa shape index (κ2) is 6.05. The van der Waals surface area contributed by atoms with E-state index in [4.69, 9.17) is 0 Å². The number of nitrogens with one attached hydrogen (secondary N) is 1. The van der Waals surface area contributed by atoms with Gasteiger partial charge >= 0.3 is 0 Å². The van der Waals surface area contributed by atoms with E-state index in [2.05, 4.69) is 52.0 Å². The van der Waals surface area contributed by atoms with Crippen molar-refractivity contribution < 1.29 is 0 Å². The first-order valence-corrected chi connectivity index (χ1v) is 6.25. The highest BCUT2D eigenvalue weighted by Gasteiger charge is 2.04. The molecule has 0 fully saturated rings. The normalized spacial score (nSPS) is 12.5. The molecule has 0 saturated carbocycles. The van der Waals surface area contributed by atoms with Crippen molar-refractivity contribution in [1.29, 1.82) is 0 Å². The summed E-state index contributed by atoms with van der Waals surface area (Å²) in [4.78, 5) is 8.78. The molecule has 84 valence electrons. The van der Waals surface area contributed by atoms with E-state index in [9.17, 15) is 0 Å². The van der Waals surface area contributed by atoms with Crippen LogP contribution in [-0.4, -0.2) is 16.0 Å². The van der Waals surface area contributed by atoms with Crippen LogP contribution in [0.15, 0.2) is 10.7 Å². The number of nitrogens with zero attached hydrogens (tertiary/aromatic N) is 2. The van der Waals surface area contributed by atoms with Crippen LogP contribution in [-0.2, 0) is 6.42 Å². The lowest BCUT2D eigenvalue weighted by atomic mass is 10.2. The van der Waals surface area contributed by atoms with Gasteiger partial charge in [-0.05, 0) is 35.7 Å². The summed E-state index contributed by atoms with van der Waals surface area (Å²) >= 11 is 3.40. The Morgan fingerprint density at radius 3 is 2.73 bits per heavy atom. The third-order valence-electron chi connectivity index (χ3n) is 2.22. The molecular weight excluding hydrogens is 254 g/mol. The number of halogens is 1. The molecule has 3 nitrogen and oxygen atoms in total. The highest BCUT2D eigenvalue weighted by molar-refractivity contribution is 9.10. The largest absolute Gasteiger partial charge is 0.367 e. The monoisotopic (exact) mass is 271 g/mol. The minimum atomic E-state index is 0.446. The van der Waals surface area contributed by atoms with Crippen LogP contribution in [0.4, 0.5) is 5.82 Å². The number of hydrogen-bond donors (Lipinski definition) is 1. The number of anilines is 1. The smallest absolute Gasteiger partial charge is 0.132 e. The number of hydrogen-bond acceptors (Lipinski definition) is 3. The van der Waals surface area contributed by atoms with Crippen molar-refractivity contribution in [2.24, 2.45) is 0 Å². The number of aromatic nitrogens is 2. The molecule has 4 heteroatoms. The van der Waals surface area contributed by atoms with Crippen molar-refractivity contribution in [2.45, 2.75) is 46.1 Å². The Balaban J connectivity index is 2.78. The third kappa shape index (κ3) is 4.16. The summed E-state index contributed by atoms with van der Waals surface area (Å²) in [6.45, 7) is 6.43. The van der Waals surface area contributed by atoms with Gasteiger partial charge in [0.2, 0.25) is 0 Å². The van der Waals surface area contributed by atoms with E-state index in [0.29, 0.717) is 6.04 Å². The fourth-order valence-electron chi connectivity index (χ4n) is 1.23. The van der Waals surface area contributed by atoms with Crippen LogP contribution in [0, 0.1) is 0 Å². The SMILES string of the molecule is CCCc1nc(Br)cc(NC(C)CC)n1. The highest BCUT2D eigenvalue weighted by Crippen LogP contribution is 2.14. The van der Waals surface area contributed by atoms with Crippen molar-refractivity contribution in [3.8, 4) is 0 Å². The molecule has 0 aliphatic rings. The molecule has 0 saturated heterocycles. The molecule has 1 aromatic rings. The zero-order chi connectivity index (χ0) is 11.3. The zero-order valence-electron chi connectivity index (χ0n) is 9.55. The fourth-order valence-corrected chi connectivity index (χ4v) is 1.65. The quantitative estimate of drug-likeness (QED) is 0.835. The Hall–Kier alpha value is -0.640. The van der Waals surface area contributed by atoms with Gasteiger partial charge in [-0.1, -0.05) is 13.8 Å². The van der Waals surface area contributed by atoms with Gasteiger partial charge in [0.05, 0.1) is 0 Å². The molecule has 1 aromatic heterocycles. The van der Waals surface area contributed by atoms with Crippen molar-refractivity contribution in [3.63, 3.8) is 0 Å². The van der Waals surface area contributed by atoms with Crippen molar-refractivity contribution in [1.82, 2.24) is 9.97 Å². The van der Waals surface area contributed by atoms with E-state index in [1.54, 1.807) is 0 Å². The first-order chi connectivity index (χ1) is 7.15. The van der Waals surface area contributed by atoms with E-state index in [1.165, 1.54) is 0 Å². The molecule has 15 heavy (non-hydrogen) atoms. The van der Waals surface area contributed by atoms with Crippen LogP contribution < -0.4 is 5.32 Å². The van der Waals surface area contributed by atoms with E-state index in [-0.39, 0.29) is 0 Å². The number of aryl methyl sites for hydroxylation is 1. The summed E-state index contributed by atoms with van der Waals surface area (Å²) in [6.07, 6.45) is 3.08. The van der Waals surface area contributed by atoms with Crippen LogP contribution in [0.3, 0.4) is 0 Å². The van der Waals surface area contributed by atoms with Gasteiger partial charge in [-0.15, -0.1) is 0 Å². The molecule has 1 atom stereocenters. The predicted molar refractivity (Wildman–Crippen MR) is 67.1 cm³/mol. The first-order valence-electron chi connectivity index (χ1n) is 5.45. The van der Waals surface area contributed by atoms with Gasteiger partial charge in [-0.3, -0.25) is 0 Å². The van der Waals surface area contributed by atoms with Crippen molar-refractivity contribution in [3.05, 3.63) is 16.5 Å². The molecule has 0 aromatic carbocycles. The molecule has 0 spiro atoms. The maximum atomic E-state index is 4.46. The second-order valence-corrected chi connectivity index (χ2v) is 4.51. The molecule has 1 rings (SSSR count). The molecule has 0 bridgehead atoms. The maximum Gasteiger partial charge on any atom is 0.132 e. The Labute approximate surface area is 99.8 Å². The third-order valence-corrected chi connectivity index (χ3v) is 2.63. The fraction of sp³-hybridized carbons (Fsp3) is 0.636. The van der Waals surface area contributed by atoms with E-state index in [1.807, 2.05) is 6.07 Å². The summed E-state index contributed by atoms with van der Waals surface area (Å²) in [5.74, 6) is 1.81. The van der Waals surface area contributed by atoms with Gasteiger partial charge in [0, 0.05) is 18.5 Å². The average molecular weight is 272 g/mol. The Morgan fingerprint density at radius 1 is 1.40 bits per heavy atom. The minimum Gasteiger partial charge on any atom is -0.367 e. The predicted octanol–water partition coefficient (Wildman–Crippen LogP) is 3.40. The lowest BCUT2D eigenvalue weighted by molar-refractivity contribution is 0.751. The summed E-state index contributed by atoms with van der Waals surface area (Å²) in [6, 6.07) is 2.37. The van der Waals surface area contributed by atoms with E-state index >= 15 is 0 Å². The maximum absolute atomic E-state index is 4.46. The molecule has 1 unspecified atom stereocenters. The zero-order valence-corrected chi connectivity index (χ0v) is 11.1. The van der Waals surface area contributed by atoms with Crippen LogP contribution >= 0.6 is 15.9 Å². The van der Waals surface area contributed by atoms with Crippen molar-refractivity contribution in [2.75, 3.05) is 5.32 Å². The number of rotatable bonds is 5. The molecular formula is C11H18BrN3. The second-order valence-electron chi connectivity index (χ2n) is 3.70. The summed E-state index contributed by atoms with van der Waals surface area (Å²) in [5.41, 5.74) is 0. The molecule has 0 amide bonds. The summed E-state index contributed by atoms with van der Waals surface area (Å²) in [5, 5.41) is 3.35. The summed E-state index contributed by atoms with van der Waals surface area (Å²) < 4.78 is 0.853. The van der Waals surface area contributed by atoms with E-state index < -0.39 is 0 Å². The molecule has 0 aliphatic heterocycles. The topological polar surface area (TPSA) is 37.8 Å². The van der Waals surface area contributed by atoms with Crippen LogP contribution in [0.1, 0.15) is 39.4 Å². The van der Waals surface area contributed by atoms with Gasteiger partial charge in [0.25, 0.3) is 0 Å². The standard InChI is InChI=1S/C11H18BrN3/c1-4-6-10-14-9(12)7-11(15-10)13-8(3)5-2/h7-8H,4-6H2,1-3H3,(H,13,14,15).